The summed E-state index contributed by atoms with van der Waals surface area (Å²) in [6.07, 6.45) is 14.9. The Hall–Kier alpha value is -2.60. The molecule has 1 aromatic carbocycles. The van der Waals surface area contributed by atoms with E-state index in [0.717, 1.165) is 17.7 Å². The molecule has 0 bridgehead atoms. The molecule has 1 aliphatic carbocycles. The minimum Gasteiger partial charge on any atom is -0.394 e. The average Bonchev–Trinajstić information content (AvgIpc) is 3.42. The zero-order valence-corrected chi connectivity index (χ0v) is 17.4. The maximum atomic E-state index is 10.1. The minimum absolute atomic E-state index is 0.0595. The lowest BCUT2D eigenvalue weighted by atomic mass is 9.96. The Bertz CT molecular complexity index is 906. The van der Waals surface area contributed by atoms with E-state index in [9.17, 15) is 5.11 Å². The van der Waals surface area contributed by atoms with Gasteiger partial charge in [0.2, 0.25) is 0 Å². The van der Waals surface area contributed by atoms with Gasteiger partial charge in [0, 0.05) is 31.5 Å². The van der Waals surface area contributed by atoms with Gasteiger partial charge in [0.05, 0.1) is 43.1 Å². The van der Waals surface area contributed by atoms with E-state index in [2.05, 4.69) is 54.7 Å². The molecule has 6 heteroatoms. The number of aliphatic hydroxyl groups is 1. The maximum Gasteiger partial charge on any atom is 0.0954 e. The van der Waals surface area contributed by atoms with Crippen molar-refractivity contribution in [3.8, 4) is 11.3 Å². The Kier molecular flexibility index (Phi) is 6.00. The van der Waals surface area contributed by atoms with Crippen LogP contribution in [0.15, 0.2) is 49.2 Å². The fourth-order valence-electron chi connectivity index (χ4n) is 4.29. The molecule has 3 aromatic rings. The molecular weight excluding hydrogens is 362 g/mol. The summed E-state index contributed by atoms with van der Waals surface area (Å²) in [5.74, 6) is 0. The van der Waals surface area contributed by atoms with Gasteiger partial charge in [-0.15, -0.1) is 0 Å². The van der Waals surface area contributed by atoms with Gasteiger partial charge in [0.15, 0.2) is 0 Å². The number of benzene rings is 1. The van der Waals surface area contributed by atoms with Crippen molar-refractivity contribution in [1.29, 1.82) is 0 Å². The molecule has 6 nitrogen and oxygen atoms in total. The van der Waals surface area contributed by atoms with Crippen LogP contribution in [0.1, 0.15) is 49.8 Å². The number of imidazole rings is 1. The van der Waals surface area contributed by atoms with Gasteiger partial charge in [0.1, 0.15) is 0 Å². The number of aromatic nitrogens is 4. The van der Waals surface area contributed by atoms with Crippen LogP contribution in [-0.4, -0.2) is 45.1 Å². The monoisotopic (exact) mass is 393 g/mol. The van der Waals surface area contributed by atoms with Crippen molar-refractivity contribution >= 4 is 5.69 Å². The van der Waals surface area contributed by atoms with E-state index < -0.39 is 0 Å². The van der Waals surface area contributed by atoms with Crippen LogP contribution in [0.3, 0.4) is 0 Å². The van der Waals surface area contributed by atoms with Crippen molar-refractivity contribution in [3.63, 3.8) is 0 Å². The summed E-state index contributed by atoms with van der Waals surface area (Å²) in [6.45, 7) is 0.0650. The number of aliphatic hydroxyl groups excluding tert-OH is 1. The van der Waals surface area contributed by atoms with Crippen molar-refractivity contribution in [3.05, 3.63) is 54.7 Å². The largest absolute Gasteiger partial charge is 0.394 e. The highest BCUT2D eigenvalue weighted by Crippen LogP contribution is 2.30. The third-order valence-corrected chi connectivity index (χ3v) is 6.04. The highest BCUT2D eigenvalue weighted by Gasteiger charge is 2.19. The zero-order valence-electron chi connectivity index (χ0n) is 17.4. The molecule has 1 atom stereocenters. The first-order valence-corrected chi connectivity index (χ1v) is 10.6. The summed E-state index contributed by atoms with van der Waals surface area (Å²) >= 11 is 0. The lowest BCUT2D eigenvalue weighted by Gasteiger charge is -2.22. The molecule has 0 saturated heterocycles. The Labute approximate surface area is 172 Å². The van der Waals surface area contributed by atoms with Crippen LogP contribution in [-0.2, 0) is 6.42 Å². The smallest absolute Gasteiger partial charge is 0.0954 e. The highest BCUT2D eigenvalue weighted by atomic mass is 16.3. The fourth-order valence-corrected chi connectivity index (χ4v) is 4.29. The van der Waals surface area contributed by atoms with Crippen molar-refractivity contribution < 1.29 is 5.11 Å². The fraction of sp³-hybridized carbons (Fsp3) is 0.478. The summed E-state index contributed by atoms with van der Waals surface area (Å²) in [7, 11) is 4.08. The molecular formula is C23H31N5O. The SMILES string of the molecule is CN(C)c1ccc(CC(CO)n2cncc2-c2cnn(C3CCCCC3)c2)cc1. The molecule has 0 aliphatic heterocycles. The molecule has 1 unspecified atom stereocenters. The molecule has 0 spiro atoms. The third kappa shape index (κ3) is 4.37. The van der Waals surface area contributed by atoms with Crippen LogP contribution in [0.25, 0.3) is 11.3 Å². The Morgan fingerprint density at radius 1 is 1.10 bits per heavy atom. The van der Waals surface area contributed by atoms with Gasteiger partial charge >= 0.3 is 0 Å². The third-order valence-electron chi connectivity index (χ3n) is 6.04. The normalized spacial score (nSPS) is 16.1. The van der Waals surface area contributed by atoms with Gasteiger partial charge in [0.25, 0.3) is 0 Å². The van der Waals surface area contributed by atoms with Crippen molar-refractivity contribution in [2.45, 2.75) is 50.6 Å². The molecule has 2 heterocycles. The molecule has 2 aromatic heterocycles. The van der Waals surface area contributed by atoms with Gasteiger partial charge in [-0.3, -0.25) is 4.68 Å². The van der Waals surface area contributed by atoms with Crippen LogP contribution in [0.4, 0.5) is 5.69 Å². The molecule has 29 heavy (non-hydrogen) atoms. The topological polar surface area (TPSA) is 59.1 Å². The first-order valence-electron chi connectivity index (χ1n) is 10.6. The Morgan fingerprint density at radius 3 is 2.55 bits per heavy atom. The number of hydrogen-bond donors (Lipinski definition) is 1. The van der Waals surface area contributed by atoms with Crippen LogP contribution in [0.2, 0.25) is 0 Å². The summed E-state index contributed by atoms with van der Waals surface area (Å²) in [5, 5.41) is 14.7. The molecule has 4 rings (SSSR count). The standard InChI is InChI=1S/C23H31N5O/c1-26(2)20-10-8-18(9-11-20)12-22(16-29)27-17-24-14-23(27)19-13-25-28(15-19)21-6-4-3-5-7-21/h8-11,13-15,17,21-22,29H,3-7,12,16H2,1-2H3. The van der Waals surface area contributed by atoms with Crippen LogP contribution < -0.4 is 4.90 Å². The number of rotatable bonds is 7. The second kappa shape index (κ2) is 8.82. The number of nitrogens with zero attached hydrogens (tertiary/aromatic N) is 5. The Balaban J connectivity index is 1.53. The predicted molar refractivity (Wildman–Crippen MR) is 116 cm³/mol. The van der Waals surface area contributed by atoms with Gasteiger partial charge in [-0.05, 0) is 37.0 Å². The van der Waals surface area contributed by atoms with E-state index in [0.29, 0.717) is 6.04 Å². The molecule has 154 valence electrons. The van der Waals surface area contributed by atoms with Crippen molar-refractivity contribution in [1.82, 2.24) is 19.3 Å². The second-order valence-electron chi connectivity index (χ2n) is 8.29. The molecule has 1 aliphatic rings. The zero-order chi connectivity index (χ0) is 20.2. The maximum absolute atomic E-state index is 10.1. The van der Waals surface area contributed by atoms with Crippen molar-refractivity contribution in [2.75, 3.05) is 25.6 Å². The lowest BCUT2D eigenvalue weighted by Crippen LogP contribution is -2.16. The van der Waals surface area contributed by atoms with Crippen molar-refractivity contribution in [2.24, 2.45) is 0 Å². The van der Waals surface area contributed by atoms with Crippen LogP contribution in [0.5, 0.6) is 0 Å². The molecule has 1 N–H and O–H groups in total. The summed E-state index contributed by atoms with van der Waals surface area (Å²) < 4.78 is 4.21. The predicted octanol–water partition coefficient (Wildman–Crippen LogP) is 4.09. The van der Waals surface area contributed by atoms with E-state index in [4.69, 9.17) is 0 Å². The van der Waals surface area contributed by atoms with Crippen LogP contribution in [0, 0.1) is 0 Å². The van der Waals surface area contributed by atoms with E-state index in [-0.39, 0.29) is 12.6 Å². The lowest BCUT2D eigenvalue weighted by molar-refractivity contribution is 0.228. The van der Waals surface area contributed by atoms with Gasteiger partial charge in [-0.2, -0.15) is 5.10 Å². The molecule has 0 radical (unpaired) electrons. The summed E-state index contributed by atoms with van der Waals surface area (Å²) in [4.78, 5) is 6.46. The van der Waals surface area contributed by atoms with E-state index in [1.165, 1.54) is 43.4 Å². The first kappa shape index (κ1) is 19.7. The number of hydrogen-bond acceptors (Lipinski definition) is 4. The number of anilines is 1. The van der Waals surface area contributed by atoms with E-state index in [1.807, 2.05) is 32.8 Å². The highest BCUT2D eigenvalue weighted by molar-refractivity contribution is 5.57. The van der Waals surface area contributed by atoms with Gasteiger partial charge < -0.3 is 14.6 Å². The van der Waals surface area contributed by atoms with E-state index in [1.54, 1.807) is 0 Å². The second-order valence-corrected chi connectivity index (χ2v) is 8.29. The first-order chi connectivity index (χ1) is 14.2. The average molecular weight is 394 g/mol. The summed E-state index contributed by atoms with van der Waals surface area (Å²) in [6, 6.07) is 8.96. The van der Waals surface area contributed by atoms with Gasteiger partial charge in [-0.25, -0.2) is 4.98 Å². The van der Waals surface area contributed by atoms with Gasteiger partial charge in [-0.1, -0.05) is 31.4 Å². The molecule has 1 fully saturated rings. The Morgan fingerprint density at radius 2 is 1.86 bits per heavy atom. The van der Waals surface area contributed by atoms with Crippen LogP contribution >= 0.6 is 0 Å². The quantitative estimate of drug-likeness (QED) is 0.657. The molecule has 1 saturated carbocycles. The summed E-state index contributed by atoms with van der Waals surface area (Å²) in [5.41, 5.74) is 4.45. The molecule has 0 amide bonds. The minimum atomic E-state index is -0.0595. The van der Waals surface area contributed by atoms with E-state index >= 15 is 0 Å².